The highest BCUT2D eigenvalue weighted by atomic mass is 32.2. The molecule has 2 saturated heterocycles. The molecule has 7 nitrogen and oxygen atoms in total. The number of carbonyl (C=O) groups excluding carboxylic acids is 1. The van der Waals surface area contributed by atoms with Crippen LogP contribution in [0.2, 0.25) is 0 Å². The molecule has 0 aliphatic carbocycles. The number of rotatable bonds is 4. The summed E-state index contributed by atoms with van der Waals surface area (Å²) in [6, 6.07) is -0.118. The van der Waals surface area contributed by atoms with Gasteiger partial charge in [-0.1, -0.05) is 6.92 Å². The fourth-order valence-corrected chi connectivity index (χ4v) is 5.24. The molecule has 2 atom stereocenters. The lowest BCUT2D eigenvalue weighted by molar-refractivity contribution is -0.146. The average Bonchev–Trinajstić information content (AvgIpc) is 2.53. The molecule has 0 aromatic carbocycles. The summed E-state index contributed by atoms with van der Waals surface area (Å²) in [4.78, 5) is 11.5. The number of esters is 1. The van der Waals surface area contributed by atoms with Crippen LogP contribution in [0.4, 0.5) is 0 Å². The van der Waals surface area contributed by atoms with Crippen molar-refractivity contribution in [1.82, 2.24) is 8.61 Å². The van der Waals surface area contributed by atoms with Crippen molar-refractivity contribution in [3.63, 3.8) is 0 Å². The van der Waals surface area contributed by atoms with E-state index in [9.17, 15) is 13.2 Å². The zero-order chi connectivity index (χ0) is 16.3. The highest BCUT2D eigenvalue weighted by Crippen LogP contribution is 2.28. The van der Waals surface area contributed by atoms with Gasteiger partial charge in [0.15, 0.2) is 0 Å². The van der Waals surface area contributed by atoms with Crippen molar-refractivity contribution in [3.8, 4) is 0 Å². The van der Waals surface area contributed by atoms with E-state index in [2.05, 4.69) is 6.92 Å². The molecule has 0 amide bonds. The van der Waals surface area contributed by atoms with Gasteiger partial charge < -0.3 is 10.5 Å². The van der Waals surface area contributed by atoms with Gasteiger partial charge in [-0.25, -0.2) is 0 Å². The van der Waals surface area contributed by atoms with E-state index in [0.29, 0.717) is 44.9 Å². The summed E-state index contributed by atoms with van der Waals surface area (Å²) in [5.74, 6) is 0.0666. The first kappa shape index (κ1) is 17.7. The van der Waals surface area contributed by atoms with E-state index in [0.717, 1.165) is 12.8 Å². The fraction of sp³-hybridized carbons (Fsp3) is 0.929. The number of carbonyl (C=O) groups is 1. The van der Waals surface area contributed by atoms with Gasteiger partial charge in [0.1, 0.15) is 0 Å². The van der Waals surface area contributed by atoms with Crippen LogP contribution < -0.4 is 5.73 Å². The SMILES string of the molecule is COC(=O)C1CCN(S(=O)(=O)N2CCC(C)CC2CN)CC1. The van der Waals surface area contributed by atoms with Gasteiger partial charge in [-0.2, -0.15) is 17.0 Å². The Bertz CT molecular complexity index is 488. The molecule has 0 aromatic heterocycles. The van der Waals surface area contributed by atoms with Crippen LogP contribution in [0.1, 0.15) is 32.6 Å². The molecule has 2 aliphatic heterocycles. The highest BCUT2D eigenvalue weighted by Gasteiger charge is 2.39. The van der Waals surface area contributed by atoms with Gasteiger partial charge >= 0.3 is 5.97 Å². The molecule has 2 fully saturated rings. The molecule has 22 heavy (non-hydrogen) atoms. The molecule has 2 aliphatic rings. The normalized spacial score (nSPS) is 29.4. The second-order valence-corrected chi connectivity index (χ2v) is 8.22. The van der Waals surface area contributed by atoms with Crippen molar-refractivity contribution in [3.05, 3.63) is 0 Å². The maximum atomic E-state index is 12.8. The third kappa shape index (κ3) is 3.61. The second kappa shape index (κ2) is 7.25. The largest absolute Gasteiger partial charge is 0.469 e. The van der Waals surface area contributed by atoms with E-state index in [1.165, 1.54) is 11.4 Å². The van der Waals surface area contributed by atoms with Crippen molar-refractivity contribution in [1.29, 1.82) is 0 Å². The first-order valence-electron chi connectivity index (χ1n) is 7.95. The maximum absolute atomic E-state index is 12.8. The third-order valence-corrected chi connectivity index (χ3v) is 6.90. The van der Waals surface area contributed by atoms with Crippen molar-refractivity contribution in [2.75, 3.05) is 33.3 Å². The Balaban J connectivity index is 2.03. The number of nitrogens with two attached hydrogens (primary N) is 1. The van der Waals surface area contributed by atoms with E-state index in [4.69, 9.17) is 10.5 Å². The Morgan fingerprint density at radius 3 is 2.41 bits per heavy atom. The van der Waals surface area contributed by atoms with Crippen molar-refractivity contribution in [2.45, 2.75) is 38.6 Å². The number of hydrogen-bond donors (Lipinski definition) is 1. The van der Waals surface area contributed by atoms with Gasteiger partial charge in [0.2, 0.25) is 0 Å². The Labute approximate surface area is 133 Å². The Kier molecular flexibility index (Phi) is 5.81. The summed E-state index contributed by atoms with van der Waals surface area (Å²) in [5.41, 5.74) is 5.78. The van der Waals surface area contributed by atoms with Crippen LogP contribution in [0.5, 0.6) is 0 Å². The number of nitrogens with zero attached hydrogens (tertiary/aromatic N) is 2. The van der Waals surface area contributed by atoms with Crippen LogP contribution >= 0.6 is 0 Å². The van der Waals surface area contributed by atoms with Gasteiger partial charge in [0.05, 0.1) is 13.0 Å². The Morgan fingerprint density at radius 2 is 1.86 bits per heavy atom. The van der Waals surface area contributed by atoms with Crippen LogP contribution in [-0.2, 0) is 19.7 Å². The smallest absolute Gasteiger partial charge is 0.308 e. The lowest BCUT2D eigenvalue weighted by atomic mass is 9.94. The molecule has 0 bridgehead atoms. The van der Waals surface area contributed by atoms with Gasteiger partial charge in [-0.15, -0.1) is 0 Å². The monoisotopic (exact) mass is 333 g/mol. The molecular formula is C14H27N3O4S. The minimum atomic E-state index is -3.49. The summed E-state index contributed by atoms with van der Waals surface area (Å²) in [6.45, 7) is 3.75. The summed E-state index contributed by atoms with van der Waals surface area (Å²) in [5, 5.41) is 0. The Morgan fingerprint density at radius 1 is 1.23 bits per heavy atom. The van der Waals surface area contributed by atoms with Gasteiger partial charge in [-0.05, 0) is 31.6 Å². The quantitative estimate of drug-likeness (QED) is 0.741. The summed E-state index contributed by atoms with van der Waals surface area (Å²) in [7, 11) is -2.12. The first-order chi connectivity index (χ1) is 10.4. The average molecular weight is 333 g/mol. The van der Waals surface area contributed by atoms with E-state index in [1.807, 2.05) is 0 Å². The maximum Gasteiger partial charge on any atom is 0.308 e. The van der Waals surface area contributed by atoms with Crippen LogP contribution in [0.15, 0.2) is 0 Å². The summed E-state index contributed by atoms with van der Waals surface area (Å²) < 4.78 is 33.5. The van der Waals surface area contributed by atoms with Crippen LogP contribution in [0, 0.1) is 11.8 Å². The predicted octanol–water partition coefficient (Wildman–Crippen LogP) is 0.175. The molecule has 2 unspecified atom stereocenters. The number of piperidine rings is 2. The lowest BCUT2D eigenvalue weighted by Gasteiger charge is -2.41. The lowest BCUT2D eigenvalue weighted by Crippen LogP contribution is -2.55. The van der Waals surface area contributed by atoms with E-state index < -0.39 is 10.2 Å². The van der Waals surface area contributed by atoms with Gasteiger partial charge in [0, 0.05) is 32.2 Å². The molecule has 0 saturated carbocycles. The van der Waals surface area contributed by atoms with E-state index in [-0.39, 0.29) is 17.9 Å². The first-order valence-corrected chi connectivity index (χ1v) is 9.34. The standard InChI is InChI=1S/C14H27N3O4S/c1-11-3-8-17(13(9-11)10-15)22(19,20)16-6-4-12(5-7-16)14(18)21-2/h11-13H,3-10,15H2,1-2H3. The summed E-state index contributed by atoms with van der Waals surface area (Å²) in [6.07, 6.45) is 2.72. The zero-order valence-corrected chi connectivity index (χ0v) is 14.2. The van der Waals surface area contributed by atoms with Crippen molar-refractivity contribution < 1.29 is 17.9 Å². The summed E-state index contributed by atoms with van der Waals surface area (Å²) >= 11 is 0. The number of hydrogen-bond acceptors (Lipinski definition) is 5. The number of ether oxygens (including phenoxy) is 1. The zero-order valence-electron chi connectivity index (χ0n) is 13.4. The molecule has 0 radical (unpaired) electrons. The van der Waals surface area contributed by atoms with Crippen LogP contribution in [0.3, 0.4) is 0 Å². The predicted molar refractivity (Wildman–Crippen MR) is 83.2 cm³/mol. The fourth-order valence-electron chi connectivity index (χ4n) is 3.38. The van der Waals surface area contributed by atoms with Crippen LogP contribution in [-0.4, -0.2) is 62.3 Å². The molecule has 2 N–H and O–H groups in total. The molecule has 0 aromatic rings. The molecule has 2 heterocycles. The third-order valence-electron chi connectivity index (χ3n) is 4.81. The van der Waals surface area contributed by atoms with Crippen LogP contribution in [0.25, 0.3) is 0 Å². The second-order valence-electron chi connectivity index (χ2n) is 6.33. The Hall–Kier alpha value is -0.700. The molecular weight excluding hydrogens is 306 g/mol. The topological polar surface area (TPSA) is 92.9 Å². The molecule has 0 spiro atoms. The minimum Gasteiger partial charge on any atom is -0.469 e. The van der Waals surface area contributed by atoms with Crippen molar-refractivity contribution >= 4 is 16.2 Å². The minimum absolute atomic E-state index is 0.118. The number of methoxy groups -OCH3 is 1. The molecule has 128 valence electrons. The van der Waals surface area contributed by atoms with E-state index >= 15 is 0 Å². The highest BCUT2D eigenvalue weighted by molar-refractivity contribution is 7.86. The molecule has 2 rings (SSSR count). The van der Waals surface area contributed by atoms with E-state index in [1.54, 1.807) is 4.31 Å². The molecule has 8 heteroatoms. The van der Waals surface area contributed by atoms with Gasteiger partial charge in [-0.3, -0.25) is 4.79 Å². The van der Waals surface area contributed by atoms with Crippen molar-refractivity contribution in [2.24, 2.45) is 17.6 Å². The van der Waals surface area contributed by atoms with Gasteiger partial charge in [0.25, 0.3) is 10.2 Å².